The van der Waals surface area contributed by atoms with Crippen LogP contribution < -0.4 is 19.7 Å². The largest absolute Gasteiger partial charge is 0.493 e. The smallest absolute Gasteiger partial charge is 0.241 e. The molecule has 4 rings (SSSR count). The highest BCUT2D eigenvalue weighted by Gasteiger charge is 2.59. The molecule has 27 heavy (non-hydrogen) atoms. The molecule has 2 heterocycles. The van der Waals surface area contributed by atoms with Crippen LogP contribution in [-0.2, 0) is 10.2 Å². The Morgan fingerprint density at radius 1 is 1.07 bits per heavy atom. The Kier molecular flexibility index (Phi) is 3.91. The van der Waals surface area contributed by atoms with Crippen molar-refractivity contribution in [3.63, 3.8) is 0 Å². The zero-order chi connectivity index (χ0) is 19.2. The maximum absolute atomic E-state index is 12.3. The SMILES string of the molecule is COc1ccc(C=CC23NC(=O)CN2c2ccccc2C3(C)C)cc1OC. The maximum atomic E-state index is 12.3. The van der Waals surface area contributed by atoms with Crippen molar-refractivity contribution in [1.82, 2.24) is 5.32 Å². The number of rotatable bonds is 4. The van der Waals surface area contributed by atoms with E-state index in [1.54, 1.807) is 14.2 Å². The second-order valence-corrected chi connectivity index (χ2v) is 7.49. The standard InChI is InChI=1S/C22H24N2O3/c1-21(2)16-7-5-6-8-17(16)24-14-20(25)23-22(21,24)12-11-15-9-10-18(26-3)19(13-15)27-4/h5-13H,14H2,1-4H3,(H,23,25). The zero-order valence-corrected chi connectivity index (χ0v) is 16.1. The summed E-state index contributed by atoms with van der Waals surface area (Å²) in [7, 11) is 3.25. The van der Waals surface area contributed by atoms with Crippen molar-refractivity contribution in [2.24, 2.45) is 0 Å². The molecule has 0 bridgehead atoms. The van der Waals surface area contributed by atoms with E-state index < -0.39 is 5.66 Å². The molecule has 0 saturated carbocycles. The summed E-state index contributed by atoms with van der Waals surface area (Å²) in [6.07, 6.45) is 4.13. The second kappa shape index (κ2) is 6.05. The summed E-state index contributed by atoms with van der Waals surface area (Å²) in [6.45, 7) is 4.71. The molecule has 1 amide bonds. The number of amides is 1. The van der Waals surface area contributed by atoms with Crippen molar-refractivity contribution >= 4 is 17.7 Å². The summed E-state index contributed by atoms with van der Waals surface area (Å²) in [6, 6.07) is 14.1. The van der Waals surface area contributed by atoms with Gasteiger partial charge in [-0.2, -0.15) is 0 Å². The van der Waals surface area contributed by atoms with E-state index in [2.05, 4.69) is 48.3 Å². The number of hydrogen-bond donors (Lipinski definition) is 1. The third-order valence-corrected chi connectivity index (χ3v) is 5.80. The van der Waals surface area contributed by atoms with Gasteiger partial charge in [0.15, 0.2) is 11.5 Å². The molecule has 0 aromatic heterocycles. The molecule has 1 atom stereocenters. The fraction of sp³-hybridized carbons (Fsp3) is 0.318. The second-order valence-electron chi connectivity index (χ2n) is 7.49. The van der Waals surface area contributed by atoms with Crippen LogP contribution in [0.15, 0.2) is 48.5 Å². The first-order valence-corrected chi connectivity index (χ1v) is 9.02. The van der Waals surface area contributed by atoms with Crippen LogP contribution in [0.2, 0.25) is 0 Å². The minimum atomic E-state index is -0.596. The van der Waals surface area contributed by atoms with Crippen molar-refractivity contribution in [1.29, 1.82) is 0 Å². The number of fused-ring (bicyclic) bond motifs is 3. The Balaban J connectivity index is 1.78. The monoisotopic (exact) mass is 364 g/mol. The summed E-state index contributed by atoms with van der Waals surface area (Å²) < 4.78 is 10.7. The Bertz CT molecular complexity index is 935. The van der Waals surface area contributed by atoms with Crippen LogP contribution in [0.4, 0.5) is 5.69 Å². The molecule has 0 spiro atoms. The normalized spacial score (nSPS) is 22.5. The minimum Gasteiger partial charge on any atom is -0.493 e. The molecular weight excluding hydrogens is 340 g/mol. The van der Waals surface area contributed by atoms with E-state index in [-0.39, 0.29) is 11.3 Å². The number of nitrogens with one attached hydrogen (secondary N) is 1. The van der Waals surface area contributed by atoms with Gasteiger partial charge in [-0.1, -0.05) is 44.2 Å². The predicted octanol–water partition coefficient (Wildman–Crippen LogP) is 3.34. The van der Waals surface area contributed by atoms with Gasteiger partial charge in [0, 0.05) is 11.1 Å². The topological polar surface area (TPSA) is 50.8 Å². The molecule has 140 valence electrons. The van der Waals surface area contributed by atoms with Gasteiger partial charge in [0.25, 0.3) is 0 Å². The third-order valence-electron chi connectivity index (χ3n) is 5.80. The molecule has 1 unspecified atom stereocenters. The molecule has 1 N–H and O–H groups in total. The molecule has 2 aliphatic heterocycles. The van der Waals surface area contributed by atoms with Crippen molar-refractivity contribution in [3.8, 4) is 11.5 Å². The number of ether oxygens (including phenoxy) is 2. The van der Waals surface area contributed by atoms with Crippen LogP contribution in [0.1, 0.15) is 25.0 Å². The summed E-state index contributed by atoms with van der Waals surface area (Å²) in [5.41, 5.74) is 2.46. The van der Waals surface area contributed by atoms with Crippen LogP contribution in [0.5, 0.6) is 11.5 Å². The van der Waals surface area contributed by atoms with E-state index in [1.165, 1.54) is 5.56 Å². The summed E-state index contributed by atoms with van der Waals surface area (Å²) in [4.78, 5) is 14.5. The first kappa shape index (κ1) is 17.5. The third kappa shape index (κ3) is 2.41. The van der Waals surface area contributed by atoms with Gasteiger partial charge in [-0.15, -0.1) is 0 Å². The molecule has 2 aliphatic rings. The number of benzene rings is 2. The summed E-state index contributed by atoms with van der Waals surface area (Å²) in [5.74, 6) is 1.41. The Morgan fingerprint density at radius 3 is 2.56 bits per heavy atom. The summed E-state index contributed by atoms with van der Waals surface area (Å²) >= 11 is 0. The van der Waals surface area contributed by atoms with Crippen LogP contribution >= 0.6 is 0 Å². The van der Waals surface area contributed by atoms with Crippen LogP contribution in [0, 0.1) is 0 Å². The highest BCUT2D eigenvalue weighted by atomic mass is 16.5. The number of methoxy groups -OCH3 is 2. The van der Waals surface area contributed by atoms with Gasteiger partial charge in [-0.25, -0.2) is 0 Å². The number of hydrogen-bond acceptors (Lipinski definition) is 4. The van der Waals surface area contributed by atoms with Gasteiger partial charge in [0.05, 0.1) is 20.8 Å². The first-order chi connectivity index (χ1) is 12.9. The molecule has 5 heteroatoms. The van der Waals surface area contributed by atoms with Gasteiger partial charge >= 0.3 is 0 Å². The Labute approximate surface area is 159 Å². The van der Waals surface area contributed by atoms with Gasteiger partial charge in [0.1, 0.15) is 5.66 Å². The Morgan fingerprint density at radius 2 is 1.81 bits per heavy atom. The van der Waals surface area contributed by atoms with Crippen molar-refractivity contribution in [3.05, 3.63) is 59.7 Å². The average molecular weight is 364 g/mol. The molecule has 2 aromatic carbocycles. The van der Waals surface area contributed by atoms with E-state index in [1.807, 2.05) is 30.3 Å². The van der Waals surface area contributed by atoms with Crippen molar-refractivity contribution in [2.45, 2.75) is 24.9 Å². The highest BCUT2D eigenvalue weighted by molar-refractivity contribution is 5.91. The lowest BCUT2D eigenvalue weighted by molar-refractivity contribution is -0.118. The molecule has 1 saturated heterocycles. The Hall–Kier alpha value is -2.95. The van der Waals surface area contributed by atoms with Gasteiger partial charge in [-0.05, 0) is 35.4 Å². The zero-order valence-electron chi connectivity index (χ0n) is 16.1. The fourth-order valence-electron chi connectivity index (χ4n) is 4.31. The molecule has 2 aromatic rings. The van der Waals surface area contributed by atoms with Gasteiger partial charge in [0.2, 0.25) is 5.91 Å². The highest BCUT2D eigenvalue weighted by Crippen LogP contribution is 2.52. The van der Waals surface area contributed by atoms with E-state index in [4.69, 9.17) is 9.47 Å². The lowest BCUT2D eigenvalue weighted by Gasteiger charge is -2.40. The van der Waals surface area contributed by atoms with Crippen molar-refractivity contribution in [2.75, 3.05) is 25.7 Å². The number of para-hydroxylation sites is 1. The first-order valence-electron chi connectivity index (χ1n) is 9.02. The van der Waals surface area contributed by atoms with E-state index in [0.717, 1.165) is 11.3 Å². The van der Waals surface area contributed by atoms with Crippen LogP contribution in [0.3, 0.4) is 0 Å². The number of carbonyl (C=O) groups excluding carboxylic acids is 1. The molecule has 5 nitrogen and oxygen atoms in total. The lowest BCUT2D eigenvalue weighted by atomic mass is 9.75. The minimum absolute atomic E-state index is 0.0366. The van der Waals surface area contributed by atoms with Crippen LogP contribution in [-0.4, -0.2) is 32.3 Å². The summed E-state index contributed by atoms with van der Waals surface area (Å²) in [5, 5.41) is 3.23. The molecule has 0 aliphatic carbocycles. The predicted molar refractivity (Wildman–Crippen MR) is 106 cm³/mol. The lowest BCUT2D eigenvalue weighted by Crippen LogP contribution is -2.58. The molecule has 0 radical (unpaired) electrons. The number of anilines is 1. The number of carbonyl (C=O) groups is 1. The van der Waals surface area contributed by atoms with Crippen LogP contribution in [0.25, 0.3) is 6.08 Å². The average Bonchev–Trinajstić information content (AvgIpc) is 3.11. The molecular formula is C22H24N2O3. The molecule has 1 fully saturated rings. The quantitative estimate of drug-likeness (QED) is 0.904. The number of nitrogens with zero attached hydrogens (tertiary/aromatic N) is 1. The van der Waals surface area contributed by atoms with E-state index >= 15 is 0 Å². The van der Waals surface area contributed by atoms with Gasteiger partial charge < -0.3 is 19.7 Å². The fourth-order valence-corrected chi connectivity index (χ4v) is 4.31. The van der Waals surface area contributed by atoms with E-state index in [0.29, 0.717) is 18.0 Å². The maximum Gasteiger partial charge on any atom is 0.241 e. The van der Waals surface area contributed by atoms with Crippen molar-refractivity contribution < 1.29 is 14.3 Å². The van der Waals surface area contributed by atoms with E-state index in [9.17, 15) is 4.79 Å². The van der Waals surface area contributed by atoms with Gasteiger partial charge in [-0.3, -0.25) is 4.79 Å².